The third kappa shape index (κ3) is 3.12. The van der Waals surface area contributed by atoms with Crippen LogP contribution in [0.25, 0.3) is 54.5 Å². The van der Waals surface area contributed by atoms with Crippen molar-refractivity contribution in [2.24, 2.45) is 0 Å². The summed E-state index contributed by atoms with van der Waals surface area (Å²) in [5, 5.41) is 9.59. The van der Waals surface area contributed by atoms with E-state index in [2.05, 4.69) is 24.8 Å². The van der Waals surface area contributed by atoms with E-state index in [-0.39, 0.29) is 11.7 Å². The molecule has 0 aliphatic carbocycles. The van der Waals surface area contributed by atoms with Gasteiger partial charge in [-0.2, -0.15) is 0 Å². The van der Waals surface area contributed by atoms with Crippen LogP contribution in [0.3, 0.4) is 0 Å². The Labute approximate surface area is 188 Å². The van der Waals surface area contributed by atoms with Crippen molar-refractivity contribution in [2.45, 2.75) is 13.8 Å². The summed E-state index contributed by atoms with van der Waals surface area (Å²) >= 11 is 0. The number of aryl methyl sites for hydroxylation is 1. The summed E-state index contributed by atoms with van der Waals surface area (Å²) in [6.45, 7) is 3.49. The van der Waals surface area contributed by atoms with E-state index in [1.165, 1.54) is 0 Å². The van der Waals surface area contributed by atoms with Gasteiger partial charge in [-0.15, -0.1) is 0 Å². The number of H-pyrrole nitrogens is 1. The van der Waals surface area contributed by atoms with Crippen LogP contribution >= 0.6 is 0 Å². The summed E-state index contributed by atoms with van der Waals surface area (Å²) in [5.74, 6) is 0.127. The molecule has 164 valence electrons. The van der Waals surface area contributed by atoms with Crippen LogP contribution in [0.15, 0.2) is 59.3 Å². The lowest BCUT2D eigenvalue weighted by Crippen LogP contribution is -2.15. The molecule has 0 saturated carbocycles. The van der Waals surface area contributed by atoms with E-state index in [0.29, 0.717) is 16.6 Å². The van der Waals surface area contributed by atoms with Crippen LogP contribution in [0, 0.1) is 6.92 Å². The summed E-state index contributed by atoms with van der Waals surface area (Å²) < 4.78 is 32.6. The number of pyridine rings is 1. The lowest BCUT2D eigenvalue weighted by Gasteiger charge is -2.03. The summed E-state index contributed by atoms with van der Waals surface area (Å²) in [4.78, 5) is 12.4. The van der Waals surface area contributed by atoms with Gasteiger partial charge in [0.2, 0.25) is 16.0 Å². The van der Waals surface area contributed by atoms with Crippen LogP contribution < -0.4 is 4.72 Å². The van der Waals surface area contributed by atoms with E-state index >= 15 is 0 Å². The number of anilines is 1. The number of hydrogen-bond donors (Lipinski definition) is 2. The van der Waals surface area contributed by atoms with Gasteiger partial charge in [0.05, 0.1) is 33.4 Å². The maximum atomic E-state index is 12.2. The highest BCUT2D eigenvalue weighted by Gasteiger charge is 2.15. The van der Waals surface area contributed by atoms with E-state index < -0.39 is 10.0 Å². The first-order chi connectivity index (χ1) is 15.9. The average Bonchev–Trinajstić information content (AvgIpc) is 3.40. The minimum atomic E-state index is -3.49. The van der Waals surface area contributed by atoms with Crippen molar-refractivity contribution < 1.29 is 12.9 Å². The predicted molar refractivity (Wildman–Crippen MR) is 131 cm³/mol. The zero-order chi connectivity index (χ0) is 22.7. The van der Waals surface area contributed by atoms with Crippen LogP contribution in [0.2, 0.25) is 0 Å². The molecule has 33 heavy (non-hydrogen) atoms. The van der Waals surface area contributed by atoms with Crippen molar-refractivity contribution in [3.05, 3.63) is 60.4 Å². The minimum Gasteiger partial charge on any atom is -0.355 e. The zero-order valence-electron chi connectivity index (χ0n) is 17.9. The largest absolute Gasteiger partial charge is 0.355 e. The van der Waals surface area contributed by atoms with Gasteiger partial charge in [0.15, 0.2) is 5.58 Å². The molecule has 2 N–H and O–H groups in total. The van der Waals surface area contributed by atoms with Gasteiger partial charge in [0, 0.05) is 27.7 Å². The Hall–Kier alpha value is -3.98. The van der Waals surface area contributed by atoms with Gasteiger partial charge >= 0.3 is 0 Å². The Morgan fingerprint density at radius 2 is 1.85 bits per heavy atom. The number of imidazole rings is 1. The van der Waals surface area contributed by atoms with Crippen LogP contribution in [-0.2, 0) is 10.0 Å². The van der Waals surface area contributed by atoms with Gasteiger partial charge in [0.25, 0.3) is 0 Å². The highest BCUT2D eigenvalue weighted by atomic mass is 32.2. The first-order valence-electron chi connectivity index (χ1n) is 10.5. The Bertz CT molecular complexity index is 1870. The van der Waals surface area contributed by atoms with Gasteiger partial charge in [0.1, 0.15) is 0 Å². The Morgan fingerprint density at radius 1 is 1.00 bits per heavy atom. The lowest BCUT2D eigenvalue weighted by atomic mass is 10.0. The zero-order valence-corrected chi connectivity index (χ0v) is 18.7. The fourth-order valence-corrected chi connectivity index (χ4v) is 4.84. The summed E-state index contributed by atoms with van der Waals surface area (Å²) in [5.41, 5.74) is 3.58. The number of rotatable bonds is 3. The Balaban J connectivity index is 1.89. The van der Waals surface area contributed by atoms with Gasteiger partial charge in [-0.1, -0.05) is 29.4 Å². The second-order valence-corrected chi connectivity index (χ2v) is 9.97. The number of aromatic amines is 1. The number of fused-ring (bicyclic) bond motifs is 12. The summed E-state index contributed by atoms with van der Waals surface area (Å²) in [6.07, 6.45) is 1.76. The number of aromatic nitrogens is 4. The molecule has 3 aromatic carbocycles. The molecule has 3 heterocycles. The predicted octanol–water partition coefficient (Wildman–Crippen LogP) is 5.19. The molecule has 0 saturated heterocycles. The normalized spacial score (nSPS) is 12.3. The minimum absolute atomic E-state index is 0.0479. The molecule has 6 aromatic rings. The second kappa shape index (κ2) is 7.01. The van der Waals surface area contributed by atoms with Gasteiger partial charge in [-0.25, -0.2) is 13.4 Å². The van der Waals surface area contributed by atoms with Crippen molar-refractivity contribution in [1.29, 1.82) is 0 Å². The standard InChI is InChI=1S/C24H19N5O3S/c1-3-33(30,31)29-24-26-19-12-16-11-18(22(19)27-24)17-8-5-9-25-21(17)14-6-4-7-15(10-14)23-20(16)13(2)28-32-23/h4-12H,3H2,1-2H3,(H2,26,27,29). The topological polar surface area (TPSA) is 114 Å². The molecular weight excluding hydrogens is 438 g/mol. The first-order valence-corrected chi connectivity index (χ1v) is 12.2. The average molecular weight is 458 g/mol. The molecule has 4 bridgehead atoms. The SMILES string of the molecule is CCS(=O)(=O)Nc1nc2c(cc3cc2c2cccnc2c2cccc(c2)c2onc(C)c32)[nH]1. The monoisotopic (exact) mass is 457 g/mol. The molecule has 6 rings (SSSR count). The molecule has 0 aliphatic heterocycles. The summed E-state index contributed by atoms with van der Waals surface area (Å²) in [6, 6.07) is 15.9. The van der Waals surface area contributed by atoms with Gasteiger partial charge in [-0.3, -0.25) is 9.71 Å². The maximum Gasteiger partial charge on any atom is 0.234 e. The number of sulfonamides is 1. The Kier molecular flexibility index (Phi) is 4.18. The Morgan fingerprint density at radius 3 is 2.70 bits per heavy atom. The van der Waals surface area contributed by atoms with E-state index in [9.17, 15) is 8.42 Å². The molecule has 0 atom stereocenters. The molecule has 0 aliphatic rings. The maximum absolute atomic E-state index is 12.2. The van der Waals surface area contributed by atoms with Crippen molar-refractivity contribution >= 4 is 70.4 Å². The number of nitrogens with zero attached hydrogens (tertiary/aromatic N) is 3. The third-order valence-electron chi connectivity index (χ3n) is 5.87. The van der Waals surface area contributed by atoms with E-state index in [1.54, 1.807) is 13.1 Å². The lowest BCUT2D eigenvalue weighted by molar-refractivity contribution is 0.452. The molecule has 3 aromatic heterocycles. The molecule has 9 heteroatoms. The molecule has 8 nitrogen and oxygen atoms in total. The number of hydrogen-bond acceptors (Lipinski definition) is 6. The molecular formula is C24H19N5O3S. The molecule has 0 amide bonds. The van der Waals surface area contributed by atoms with E-state index in [1.807, 2.05) is 55.5 Å². The van der Waals surface area contributed by atoms with Crippen LogP contribution in [0.4, 0.5) is 5.95 Å². The molecule has 0 spiro atoms. The highest BCUT2D eigenvalue weighted by Crippen LogP contribution is 2.34. The molecule has 0 radical (unpaired) electrons. The highest BCUT2D eigenvalue weighted by molar-refractivity contribution is 7.92. The van der Waals surface area contributed by atoms with E-state index in [0.717, 1.165) is 43.5 Å². The van der Waals surface area contributed by atoms with Crippen molar-refractivity contribution in [3.8, 4) is 0 Å². The van der Waals surface area contributed by atoms with Crippen molar-refractivity contribution in [3.63, 3.8) is 0 Å². The van der Waals surface area contributed by atoms with Crippen LogP contribution in [-0.4, -0.2) is 34.3 Å². The van der Waals surface area contributed by atoms with Crippen LogP contribution in [0.5, 0.6) is 0 Å². The van der Waals surface area contributed by atoms with Crippen LogP contribution in [0.1, 0.15) is 12.6 Å². The second-order valence-electron chi connectivity index (χ2n) is 7.96. The number of benzene rings is 2. The molecule has 0 fully saturated rings. The molecule has 0 unspecified atom stereocenters. The van der Waals surface area contributed by atoms with Gasteiger partial charge < -0.3 is 9.51 Å². The fourth-order valence-electron chi connectivity index (χ4n) is 4.30. The number of nitrogens with one attached hydrogen (secondary N) is 2. The first kappa shape index (κ1) is 19.7. The van der Waals surface area contributed by atoms with Crippen molar-refractivity contribution in [2.75, 3.05) is 10.5 Å². The fraction of sp³-hybridized carbons (Fsp3) is 0.125. The quantitative estimate of drug-likeness (QED) is 0.378. The smallest absolute Gasteiger partial charge is 0.234 e. The van der Waals surface area contributed by atoms with Gasteiger partial charge in [-0.05, 0) is 43.5 Å². The summed E-state index contributed by atoms with van der Waals surface area (Å²) in [7, 11) is -3.49. The third-order valence-corrected chi connectivity index (χ3v) is 7.13. The van der Waals surface area contributed by atoms with Crippen molar-refractivity contribution in [1.82, 2.24) is 20.1 Å². The van der Waals surface area contributed by atoms with E-state index in [4.69, 9.17) is 4.52 Å².